The Morgan fingerprint density at radius 1 is 0.905 bits per heavy atom. The van der Waals surface area contributed by atoms with Gasteiger partial charge in [0.1, 0.15) is 6.10 Å². The van der Waals surface area contributed by atoms with Crippen LogP contribution in [0, 0.1) is 23.2 Å². The van der Waals surface area contributed by atoms with Gasteiger partial charge < -0.3 is 9.64 Å². The number of esters is 1. The van der Waals surface area contributed by atoms with Crippen LogP contribution in [0.3, 0.4) is 0 Å². The number of rotatable bonds is 14. The molecule has 4 rings (SSSR count). The summed E-state index contributed by atoms with van der Waals surface area (Å²) in [5.41, 5.74) is 4.65. The monoisotopic (exact) mass is 581 g/mol. The molecule has 1 amide bonds. The molecule has 0 aromatic carbocycles. The number of nitrogens with zero attached hydrogens (tertiary/aromatic N) is 1. The van der Waals surface area contributed by atoms with Crippen molar-refractivity contribution < 1.29 is 19.1 Å². The molecular weight excluding hydrogens is 522 g/mol. The van der Waals surface area contributed by atoms with Gasteiger partial charge in [-0.1, -0.05) is 57.4 Å². The number of fused-ring (bicyclic) bond motifs is 4. The second-order valence-electron chi connectivity index (χ2n) is 14.8. The molecule has 236 valence electrons. The fourth-order valence-corrected chi connectivity index (χ4v) is 9.47. The first-order valence-electron chi connectivity index (χ1n) is 17.5. The topological polar surface area (TPSA) is 63.7 Å². The minimum Gasteiger partial charge on any atom is -0.462 e. The van der Waals surface area contributed by atoms with Gasteiger partial charge in [0.2, 0.25) is 5.91 Å². The molecule has 0 unspecified atom stereocenters. The Bertz CT molecular complexity index is 1030. The van der Waals surface area contributed by atoms with E-state index < -0.39 is 0 Å². The third-order valence-corrected chi connectivity index (χ3v) is 11.2. The Balaban J connectivity index is 1.26. The number of carbonyl (C=O) groups excluding carboxylic acids is 3. The van der Waals surface area contributed by atoms with Gasteiger partial charge >= 0.3 is 5.97 Å². The van der Waals surface area contributed by atoms with E-state index in [1.807, 2.05) is 11.0 Å². The smallest absolute Gasteiger partial charge is 0.302 e. The maximum Gasteiger partial charge on any atom is 0.302 e. The molecule has 0 bridgehead atoms. The van der Waals surface area contributed by atoms with Crippen molar-refractivity contribution in [3.63, 3.8) is 0 Å². The first-order chi connectivity index (χ1) is 20.0. The summed E-state index contributed by atoms with van der Waals surface area (Å²) in [6.45, 7) is 12.4. The first-order valence-corrected chi connectivity index (χ1v) is 17.5. The quantitative estimate of drug-likeness (QED) is 0.152. The van der Waals surface area contributed by atoms with Crippen LogP contribution in [-0.2, 0) is 19.1 Å². The van der Waals surface area contributed by atoms with Crippen LogP contribution in [0.25, 0.3) is 0 Å². The van der Waals surface area contributed by atoms with Crippen molar-refractivity contribution in [1.82, 2.24) is 4.90 Å². The van der Waals surface area contributed by atoms with Gasteiger partial charge in [-0.15, -0.1) is 0 Å². The van der Waals surface area contributed by atoms with Crippen LogP contribution >= 0.6 is 0 Å². The first kappa shape index (κ1) is 33.0. The van der Waals surface area contributed by atoms with E-state index in [-0.39, 0.29) is 29.6 Å². The Kier molecular flexibility index (Phi) is 11.6. The van der Waals surface area contributed by atoms with Crippen molar-refractivity contribution >= 4 is 17.7 Å². The van der Waals surface area contributed by atoms with E-state index in [4.69, 9.17) is 4.74 Å². The summed E-state index contributed by atoms with van der Waals surface area (Å²) in [5, 5.41) is 0. The molecule has 5 heteroatoms. The van der Waals surface area contributed by atoms with Gasteiger partial charge in [0.05, 0.1) is 0 Å². The Morgan fingerprint density at radius 3 is 2.19 bits per heavy atom. The summed E-state index contributed by atoms with van der Waals surface area (Å²) in [7, 11) is 0. The molecule has 0 aromatic heterocycles. The molecule has 2 saturated carbocycles. The summed E-state index contributed by atoms with van der Waals surface area (Å²) < 4.78 is 5.94. The van der Waals surface area contributed by atoms with E-state index in [1.165, 1.54) is 56.1 Å². The zero-order valence-electron chi connectivity index (χ0n) is 27.6. The second kappa shape index (κ2) is 14.7. The van der Waals surface area contributed by atoms with Crippen LogP contribution in [-0.4, -0.2) is 40.7 Å². The fraction of sp³-hybridized carbons (Fsp3) is 0.811. The molecule has 5 atom stereocenters. The molecule has 0 heterocycles. The lowest BCUT2D eigenvalue weighted by molar-refractivity contribution is -0.154. The van der Waals surface area contributed by atoms with E-state index >= 15 is 0 Å². The van der Waals surface area contributed by atoms with Crippen molar-refractivity contribution in [2.75, 3.05) is 0 Å². The lowest BCUT2D eigenvalue weighted by atomic mass is 9.53. The normalized spacial score (nSPS) is 28.9. The predicted octanol–water partition coefficient (Wildman–Crippen LogP) is 8.90. The molecular formula is C37H59NO4. The van der Waals surface area contributed by atoms with Crippen LogP contribution in [0.15, 0.2) is 22.8 Å². The van der Waals surface area contributed by atoms with Gasteiger partial charge in [0, 0.05) is 37.3 Å². The van der Waals surface area contributed by atoms with Crippen LogP contribution in [0.1, 0.15) is 151 Å². The molecule has 4 aliphatic carbocycles. The molecule has 0 saturated heterocycles. The lowest BCUT2D eigenvalue weighted by Gasteiger charge is -2.52. The highest BCUT2D eigenvalue weighted by Crippen LogP contribution is 2.63. The number of unbranched alkanes of at least 4 members (excludes halogenated alkanes) is 7. The molecule has 4 aliphatic rings. The van der Waals surface area contributed by atoms with E-state index in [1.54, 1.807) is 12.5 Å². The maximum absolute atomic E-state index is 12.6. The Hall–Kier alpha value is -1.91. The zero-order valence-corrected chi connectivity index (χ0v) is 27.6. The van der Waals surface area contributed by atoms with Crippen LogP contribution in [0.5, 0.6) is 0 Å². The van der Waals surface area contributed by atoms with E-state index in [0.717, 1.165) is 51.4 Å². The zero-order chi connectivity index (χ0) is 30.4. The third-order valence-electron chi connectivity index (χ3n) is 11.2. The van der Waals surface area contributed by atoms with Crippen LogP contribution in [0.4, 0.5) is 0 Å². The van der Waals surface area contributed by atoms with Gasteiger partial charge in [-0.3, -0.25) is 14.4 Å². The van der Waals surface area contributed by atoms with Gasteiger partial charge in [-0.2, -0.15) is 0 Å². The highest BCUT2D eigenvalue weighted by molar-refractivity contribution is 5.93. The van der Waals surface area contributed by atoms with Gasteiger partial charge in [-0.25, -0.2) is 0 Å². The average Bonchev–Trinajstić information content (AvgIpc) is 3.23. The standard InChI is InChI=1S/C37H59NO4/c1-25(2)38(26(3)4)35(41)16-14-12-10-8-7-9-11-13-15-29-24-37(6)33(21-22-34(37)42-27(5)39)32-19-17-28-23-30(40)18-20-31(28)36(29)32/h23,25-26,29,32-34H,7-22,24H2,1-6H3/t29-,32-,33-,34-,37-/m0/s1. The number of hydrogen-bond acceptors (Lipinski definition) is 4. The van der Waals surface area contributed by atoms with Crippen molar-refractivity contribution in [3.05, 3.63) is 22.8 Å². The Labute approximate surface area is 256 Å². The minimum absolute atomic E-state index is 0.0491. The van der Waals surface area contributed by atoms with Gasteiger partial charge in [0.25, 0.3) is 0 Å². The van der Waals surface area contributed by atoms with Crippen LogP contribution < -0.4 is 0 Å². The highest BCUT2D eigenvalue weighted by Gasteiger charge is 2.57. The van der Waals surface area contributed by atoms with Crippen LogP contribution in [0.2, 0.25) is 0 Å². The number of hydrogen-bond donors (Lipinski definition) is 0. The Morgan fingerprint density at radius 2 is 1.55 bits per heavy atom. The summed E-state index contributed by atoms with van der Waals surface area (Å²) in [6, 6.07) is 0.547. The molecule has 5 nitrogen and oxygen atoms in total. The molecule has 42 heavy (non-hydrogen) atoms. The number of ketones is 1. The van der Waals surface area contributed by atoms with Crippen molar-refractivity contribution in [2.45, 2.75) is 169 Å². The van der Waals surface area contributed by atoms with E-state index in [0.29, 0.717) is 42.3 Å². The van der Waals surface area contributed by atoms with Crippen molar-refractivity contribution in [2.24, 2.45) is 23.2 Å². The predicted molar refractivity (Wildman–Crippen MR) is 170 cm³/mol. The number of carbonyl (C=O) groups is 3. The summed E-state index contributed by atoms with van der Waals surface area (Å²) >= 11 is 0. The summed E-state index contributed by atoms with van der Waals surface area (Å²) in [4.78, 5) is 38.8. The second-order valence-corrected chi connectivity index (χ2v) is 14.8. The third kappa shape index (κ3) is 7.59. The summed E-state index contributed by atoms with van der Waals surface area (Å²) in [5.74, 6) is 2.21. The van der Waals surface area contributed by atoms with Gasteiger partial charge in [-0.05, 0) is 114 Å². The van der Waals surface area contributed by atoms with E-state index in [2.05, 4.69) is 34.6 Å². The minimum atomic E-state index is -0.137. The molecule has 0 spiro atoms. The van der Waals surface area contributed by atoms with Gasteiger partial charge in [0.15, 0.2) is 5.78 Å². The molecule has 0 N–H and O–H groups in total. The molecule has 0 aromatic rings. The molecule has 0 aliphatic heterocycles. The van der Waals surface area contributed by atoms with Crippen molar-refractivity contribution in [3.8, 4) is 0 Å². The SMILES string of the molecule is CC(=O)O[C@H]1CC[C@H]2[C@@H]3CCC4=CC(=O)CCC4=C3[C@@H](CCCCCCCCCCC(=O)N(C(C)C)C(C)C)C[C@]12C. The fourth-order valence-electron chi connectivity index (χ4n) is 9.47. The van der Waals surface area contributed by atoms with E-state index in [9.17, 15) is 14.4 Å². The lowest BCUT2D eigenvalue weighted by Crippen LogP contribution is -2.46. The number of amides is 1. The largest absolute Gasteiger partial charge is 0.462 e. The van der Waals surface area contributed by atoms with Crippen molar-refractivity contribution in [1.29, 1.82) is 0 Å². The summed E-state index contributed by atoms with van der Waals surface area (Å²) in [6.07, 6.45) is 20.7. The number of ether oxygens (including phenoxy) is 1. The maximum atomic E-state index is 12.6. The molecule has 0 radical (unpaired) electrons. The highest BCUT2D eigenvalue weighted by atomic mass is 16.5. The number of allylic oxidation sites excluding steroid dienone is 4. The average molecular weight is 582 g/mol. The molecule has 2 fully saturated rings.